The van der Waals surface area contributed by atoms with Crippen LogP contribution in [0, 0.1) is 0 Å². The molecule has 0 aliphatic heterocycles. The van der Waals surface area contributed by atoms with Gasteiger partial charge < -0.3 is 5.11 Å². The maximum atomic E-state index is 10.7. The van der Waals surface area contributed by atoms with Crippen molar-refractivity contribution in [2.75, 3.05) is 0 Å². The van der Waals surface area contributed by atoms with Crippen LogP contribution in [0.4, 0.5) is 0 Å². The number of aliphatic hydroxyl groups is 1. The van der Waals surface area contributed by atoms with Gasteiger partial charge in [0.2, 0.25) is 16.3 Å². The lowest BCUT2D eigenvalue weighted by Crippen LogP contribution is -2.39. The third-order valence-electron chi connectivity index (χ3n) is 8.57. The van der Waals surface area contributed by atoms with Crippen LogP contribution in [0.15, 0.2) is 102 Å². The summed E-state index contributed by atoms with van der Waals surface area (Å²) < 4.78 is 5.44. The predicted octanol–water partition coefficient (Wildman–Crippen LogP) is 6.16. The number of hydrogen-bond donors (Lipinski definition) is 3. The molecule has 0 radical (unpaired) electrons. The molecule has 0 saturated carbocycles. The van der Waals surface area contributed by atoms with E-state index in [0.29, 0.717) is 24.7 Å². The van der Waals surface area contributed by atoms with E-state index in [9.17, 15) is 5.11 Å². The Morgan fingerprint density at radius 1 is 0.708 bits per heavy atom. The highest BCUT2D eigenvalue weighted by Crippen LogP contribution is 2.31. The van der Waals surface area contributed by atoms with Gasteiger partial charge in [0, 0.05) is 33.5 Å². The molecule has 0 amide bonds. The fraction of sp³-hybridized carbons (Fsp3) is 0.194. The zero-order valence-electron chi connectivity index (χ0n) is 26.4. The maximum absolute atomic E-state index is 10.7. The van der Waals surface area contributed by atoms with Crippen LogP contribution in [0.2, 0.25) is 0 Å². The maximum Gasteiger partial charge on any atom is 0.284 e. The van der Waals surface area contributed by atoms with Crippen LogP contribution in [-0.4, -0.2) is 50.9 Å². The Hall–Kier alpha value is -5.33. The quantitative estimate of drug-likeness (QED) is 0.130. The standard InChI is InChI=1S/C36H34BrN10O/c1-2-3-12-32-34(37)47(22-25-15-19-27(20-16-25)29-9-5-7-11-31(29)36-40-44-45-41-36)33(23-48)46(32)21-24-13-17-26(18-14-24)28-8-4-6-10-30(28)35-38-42-43-39-35/h4-11,13-20,48H,2-3,12,21-23H2,1H3,(H,38,39,42,43)(H,40,41,44,45)/q+1. The van der Waals surface area contributed by atoms with E-state index >= 15 is 0 Å². The van der Waals surface area contributed by atoms with E-state index in [-0.39, 0.29) is 6.61 Å². The lowest BCUT2D eigenvalue weighted by Gasteiger charge is -2.09. The summed E-state index contributed by atoms with van der Waals surface area (Å²) >= 11 is 3.94. The monoisotopic (exact) mass is 701 g/mol. The van der Waals surface area contributed by atoms with Gasteiger partial charge in [0.15, 0.2) is 5.69 Å². The molecule has 0 fully saturated rings. The molecular formula is C36H34BrN10O+. The van der Waals surface area contributed by atoms with Crippen LogP contribution >= 0.6 is 15.9 Å². The Bertz CT molecular complexity index is 2110. The molecule has 4 aromatic carbocycles. The Balaban J connectivity index is 1.17. The first-order valence-corrected chi connectivity index (χ1v) is 16.7. The number of nitrogens with one attached hydrogen (secondary N) is 2. The molecule has 3 heterocycles. The molecule has 0 spiro atoms. The van der Waals surface area contributed by atoms with Crippen molar-refractivity contribution in [3.05, 3.63) is 124 Å². The summed E-state index contributed by atoms with van der Waals surface area (Å²) in [7, 11) is 0. The summed E-state index contributed by atoms with van der Waals surface area (Å²) in [6, 6.07) is 33.2. The summed E-state index contributed by atoms with van der Waals surface area (Å²) in [5.74, 6) is 1.98. The largest absolute Gasteiger partial charge is 0.384 e. The predicted molar refractivity (Wildman–Crippen MR) is 185 cm³/mol. The number of nitrogens with zero attached hydrogens (tertiary/aromatic N) is 8. The van der Waals surface area contributed by atoms with Gasteiger partial charge in [-0.2, -0.15) is 10.4 Å². The van der Waals surface area contributed by atoms with Crippen LogP contribution in [0.5, 0.6) is 0 Å². The SMILES string of the molecule is CCCCc1c(Br)[n+](Cc2ccc(-c3ccccc3-c3nn[nH]n3)cc2)c(CO)n1Cc1ccc(-c2ccccc2-c2nn[nH]n2)cc1. The molecule has 7 rings (SSSR count). The molecule has 240 valence electrons. The number of benzene rings is 4. The molecule has 11 nitrogen and oxygen atoms in total. The average molecular weight is 703 g/mol. The smallest absolute Gasteiger partial charge is 0.284 e. The third-order valence-corrected chi connectivity index (χ3v) is 9.46. The molecule has 0 bridgehead atoms. The summed E-state index contributed by atoms with van der Waals surface area (Å²) in [4.78, 5) is 0. The van der Waals surface area contributed by atoms with Gasteiger partial charge in [-0.25, -0.2) is 9.13 Å². The second-order valence-electron chi connectivity index (χ2n) is 11.5. The summed E-state index contributed by atoms with van der Waals surface area (Å²) in [5, 5.41) is 40.0. The van der Waals surface area contributed by atoms with Crippen molar-refractivity contribution in [3.63, 3.8) is 0 Å². The van der Waals surface area contributed by atoms with E-state index in [1.807, 2.05) is 36.4 Å². The Morgan fingerprint density at radius 2 is 1.23 bits per heavy atom. The van der Waals surface area contributed by atoms with Crippen molar-refractivity contribution in [2.45, 2.75) is 45.9 Å². The van der Waals surface area contributed by atoms with Gasteiger partial charge in [-0.05, 0) is 50.2 Å². The number of tetrazole rings is 2. The van der Waals surface area contributed by atoms with Crippen LogP contribution in [0.3, 0.4) is 0 Å². The number of aromatic nitrogens is 10. The number of H-pyrrole nitrogens is 2. The van der Waals surface area contributed by atoms with Gasteiger partial charge in [0.05, 0.1) is 0 Å². The second-order valence-corrected chi connectivity index (χ2v) is 12.3. The summed E-state index contributed by atoms with van der Waals surface area (Å²) in [6.07, 6.45) is 3.03. The van der Waals surface area contributed by atoms with Gasteiger partial charge in [-0.15, -0.1) is 20.4 Å². The van der Waals surface area contributed by atoms with Gasteiger partial charge in [0.1, 0.15) is 19.7 Å². The lowest BCUT2D eigenvalue weighted by atomic mass is 9.98. The number of aliphatic hydroxyl groups excluding tert-OH is 1. The zero-order chi connectivity index (χ0) is 32.9. The number of aromatic amines is 2. The molecule has 0 aliphatic rings. The van der Waals surface area contributed by atoms with Crippen molar-refractivity contribution in [1.82, 2.24) is 45.8 Å². The van der Waals surface area contributed by atoms with E-state index in [0.717, 1.165) is 74.2 Å². The molecule has 12 heteroatoms. The van der Waals surface area contributed by atoms with Crippen LogP contribution in [-0.2, 0) is 26.1 Å². The molecule has 3 N–H and O–H groups in total. The number of halogens is 1. The van der Waals surface area contributed by atoms with E-state index in [1.165, 1.54) is 5.69 Å². The summed E-state index contributed by atoms with van der Waals surface area (Å²) in [5.41, 5.74) is 9.49. The number of rotatable bonds is 12. The molecule has 0 aliphatic carbocycles. The normalized spacial score (nSPS) is 11.3. The van der Waals surface area contributed by atoms with Crippen LogP contribution in [0.25, 0.3) is 45.0 Å². The van der Waals surface area contributed by atoms with Crippen molar-refractivity contribution in [3.8, 4) is 45.0 Å². The van der Waals surface area contributed by atoms with E-state index in [2.05, 4.69) is 134 Å². The third kappa shape index (κ3) is 6.32. The van der Waals surface area contributed by atoms with Crippen molar-refractivity contribution in [1.29, 1.82) is 0 Å². The van der Waals surface area contributed by atoms with Gasteiger partial charge in [-0.1, -0.05) is 110 Å². The van der Waals surface area contributed by atoms with Crippen molar-refractivity contribution < 1.29 is 9.67 Å². The molecule has 0 atom stereocenters. The van der Waals surface area contributed by atoms with E-state index < -0.39 is 0 Å². The molecular weight excluding hydrogens is 668 g/mol. The minimum absolute atomic E-state index is 0.0863. The Labute approximate surface area is 285 Å². The van der Waals surface area contributed by atoms with Crippen molar-refractivity contribution in [2.24, 2.45) is 0 Å². The zero-order valence-corrected chi connectivity index (χ0v) is 28.0. The fourth-order valence-corrected chi connectivity index (χ4v) is 6.88. The molecule has 0 saturated heterocycles. The first kappa shape index (κ1) is 31.3. The Morgan fingerprint density at radius 3 is 1.71 bits per heavy atom. The van der Waals surface area contributed by atoms with Crippen molar-refractivity contribution >= 4 is 15.9 Å². The molecule has 0 unspecified atom stereocenters. The highest BCUT2D eigenvalue weighted by Gasteiger charge is 2.29. The molecule has 7 aromatic rings. The highest BCUT2D eigenvalue weighted by molar-refractivity contribution is 9.10. The average Bonchev–Trinajstić information content (AvgIpc) is 3.91. The number of unbranched alkanes of at least 4 members (excludes halogenated alkanes) is 1. The molecule has 48 heavy (non-hydrogen) atoms. The topological polar surface area (TPSA) is 138 Å². The van der Waals surface area contributed by atoms with Gasteiger partial charge >= 0.3 is 0 Å². The van der Waals surface area contributed by atoms with Gasteiger partial charge in [-0.3, -0.25) is 0 Å². The Kier molecular flexibility index (Phi) is 9.25. The molecule has 3 aromatic heterocycles. The second kappa shape index (κ2) is 14.2. The summed E-state index contributed by atoms with van der Waals surface area (Å²) in [6.45, 7) is 3.36. The lowest BCUT2D eigenvalue weighted by molar-refractivity contribution is -0.707. The van der Waals surface area contributed by atoms with Crippen LogP contribution < -0.4 is 4.57 Å². The van der Waals surface area contributed by atoms with Gasteiger partial charge in [0.25, 0.3) is 5.82 Å². The fourth-order valence-electron chi connectivity index (χ4n) is 6.14. The first-order chi connectivity index (χ1) is 23.6. The van der Waals surface area contributed by atoms with E-state index in [4.69, 9.17) is 0 Å². The minimum Gasteiger partial charge on any atom is -0.384 e. The first-order valence-electron chi connectivity index (χ1n) is 15.9. The highest BCUT2D eigenvalue weighted by atomic mass is 79.9. The number of imidazole rings is 1. The van der Waals surface area contributed by atoms with E-state index in [1.54, 1.807) is 0 Å². The number of hydrogen-bond acceptors (Lipinski definition) is 7. The van der Waals surface area contributed by atoms with Crippen LogP contribution in [0.1, 0.15) is 42.4 Å². The minimum atomic E-state index is -0.0863.